The van der Waals surface area contributed by atoms with Crippen LogP contribution in [0.2, 0.25) is 5.02 Å². The number of hydrogen-bond acceptors (Lipinski definition) is 7. The third kappa shape index (κ3) is 5.71. The molecule has 3 rings (SSSR count). The standard InChI is InChI=1S/C21H19ClN2O5S/c1-27-16-7-8-18(17(10-16)21(26)28-2)24-19(25)9-14-12-30-20(23-14)11-29-15-5-3-13(22)4-6-15/h3-8,10,12H,9,11H2,1-2H3,(H,24,25). The van der Waals surface area contributed by atoms with Gasteiger partial charge in [0.05, 0.1) is 37.6 Å². The number of carbonyl (C=O) groups excluding carboxylic acids is 2. The van der Waals surface area contributed by atoms with Crippen LogP contribution in [0.25, 0.3) is 0 Å². The van der Waals surface area contributed by atoms with Crippen LogP contribution in [0.3, 0.4) is 0 Å². The molecule has 9 heteroatoms. The van der Waals surface area contributed by atoms with Gasteiger partial charge in [0.2, 0.25) is 5.91 Å². The van der Waals surface area contributed by atoms with Gasteiger partial charge in [-0.25, -0.2) is 9.78 Å². The summed E-state index contributed by atoms with van der Waals surface area (Å²) in [6.07, 6.45) is 0.0596. The van der Waals surface area contributed by atoms with Gasteiger partial charge in [-0.1, -0.05) is 11.6 Å². The van der Waals surface area contributed by atoms with Crippen molar-refractivity contribution in [3.8, 4) is 11.5 Å². The number of ether oxygens (including phenoxy) is 3. The molecule has 0 spiro atoms. The van der Waals surface area contributed by atoms with Crippen molar-refractivity contribution in [1.82, 2.24) is 4.98 Å². The summed E-state index contributed by atoms with van der Waals surface area (Å²) in [6.45, 7) is 0.291. The summed E-state index contributed by atoms with van der Waals surface area (Å²) in [6, 6.07) is 11.8. The van der Waals surface area contributed by atoms with E-state index in [1.165, 1.54) is 31.6 Å². The van der Waals surface area contributed by atoms with Crippen LogP contribution in [0.4, 0.5) is 5.69 Å². The third-order valence-electron chi connectivity index (χ3n) is 4.02. The number of thiazole rings is 1. The van der Waals surface area contributed by atoms with E-state index in [0.29, 0.717) is 34.5 Å². The molecule has 0 aliphatic carbocycles. The molecule has 0 aliphatic heterocycles. The van der Waals surface area contributed by atoms with Crippen molar-refractivity contribution in [3.05, 3.63) is 69.1 Å². The lowest BCUT2D eigenvalue weighted by Gasteiger charge is -2.11. The van der Waals surface area contributed by atoms with Crippen molar-refractivity contribution >= 4 is 40.5 Å². The van der Waals surface area contributed by atoms with Crippen molar-refractivity contribution in [2.24, 2.45) is 0 Å². The molecule has 0 atom stereocenters. The number of rotatable bonds is 8. The monoisotopic (exact) mass is 446 g/mol. The van der Waals surface area contributed by atoms with E-state index in [4.69, 9.17) is 25.8 Å². The smallest absolute Gasteiger partial charge is 0.340 e. The van der Waals surface area contributed by atoms with Crippen LogP contribution in [0, 0.1) is 0 Å². The average molecular weight is 447 g/mol. The second kappa shape index (κ2) is 10.1. The Labute approximate surface area is 182 Å². The zero-order chi connectivity index (χ0) is 21.5. The highest BCUT2D eigenvalue weighted by molar-refractivity contribution is 7.09. The molecule has 2 aromatic carbocycles. The molecule has 0 unspecified atom stereocenters. The first-order valence-corrected chi connectivity index (χ1v) is 10.1. The quantitative estimate of drug-likeness (QED) is 0.517. The van der Waals surface area contributed by atoms with Crippen LogP contribution in [0.15, 0.2) is 47.8 Å². The maximum atomic E-state index is 12.4. The largest absolute Gasteiger partial charge is 0.497 e. The van der Waals surface area contributed by atoms with Gasteiger partial charge >= 0.3 is 5.97 Å². The van der Waals surface area contributed by atoms with Gasteiger partial charge in [0.25, 0.3) is 0 Å². The van der Waals surface area contributed by atoms with Crippen LogP contribution in [0.1, 0.15) is 21.1 Å². The maximum Gasteiger partial charge on any atom is 0.340 e. The van der Waals surface area contributed by atoms with Crippen molar-refractivity contribution in [2.75, 3.05) is 19.5 Å². The lowest BCUT2D eigenvalue weighted by atomic mass is 10.1. The number of esters is 1. The SMILES string of the molecule is COC(=O)c1cc(OC)ccc1NC(=O)Cc1csc(COc2ccc(Cl)cc2)n1. The molecular weight excluding hydrogens is 428 g/mol. The number of anilines is 1. The van der Waals surface area contributed by atoms with Crippen LogP contribution in [0.5, 0.6) is 11.5 Å². The highest BCUT2D eigenvalue weighted by atomic mass is 35.5. The van der Waals surface area contributed by atoms with Gasteiger partial charge in [-0.3, -0.25) is 4.79 Å². The molecule has 30 heavy (non-hydrogen) atoms. The van der Waals surface area contributed by atoms with E-state index in [-0.39, 0.29) is 17.9 Å². The molecular formula is C21H19ClN2O5S. The number of nitrogens with one attached hydrogen (secondary N) is 1. The summed E-state index contributed by atoms with van der Waals surface area (Å²) in [7, 11) is 2.77. The number of nitrogens with zero attached hydrogens (tertiary/aromatic N) is 1. The fraction of sp³-hybridized carbons (Fsp3) is 0.190. The Balaban J connectivity index is 1.60. The summed E-state index contributed by atoms with van der Waals surface area (Å²) in [5.74, 6) is 0.294. The summed E-state index contributed by atoms with van der Waals surface area (Å²) < 4.78 is 15.6. The van der Waals surface area contributed by atoms with E-state index < -0.39 is 5.97 Å². The molecule has 1 amide bonds. The van der Waals surface area contributed by atoms with Crippen LogP contribution in [-0.2, 0) is 22.6 Å². The molecule has 0 aliphatic rings. The predicted octanol–water partition coefficient (Wildman–Crippen LogP) is 4.35. The number of halogens is 1. The van der Waals surface area contributed by atoms with E-state index in [2.05, 4.69) is 10.3 Å². The summed E-state index contributed by atoms with van der Waals surface area (Å²) in [5, 5.41) is 5.90. The van der Waals surface area contributed by atoms with Crippen LogP contribution in [-0.4, -0.2) is 31.1 Å². The Morgan fingerprint density at radius 2 is 1.83 bits per heavy atom. The van der Waals surface area contributed by atoms with E-state index in [1.54, 1.807) is 41.8 Å². The van der Waals surface area contributed by atoms with Crippen molar-refractivity contribution in [1.29, 1.82) is 0 Å². The van der Waals surface area contributed by atoms with Crippen LogP contribution >= 0.6 is 22.9 Å². The minimum atomic E-state index is -0.570. The maximum absolute atomic E-state index is 12.4. The first-order chi connectivity index (χ1) is 14.5. The zero-order valence-corrected chi connectivity index (χ0v) is 17.9. The predicted molar refractivity (Wildman–Crippen MR) is 115 cm³/mol. The van der Waals surface area contributed by atoms with Gasteiger partial charge in [0, 0.05) is 10.4 Å². The minimum absolute atomic E-state index is 0.0596. The lowest BCUT2D eigenvalue weighted by Crippen LogP contribution is -2.17. The van der Waals surface area contributed by atoms with Gasteiger partial charge in [-0.15, -0.1) is 11.3 Å². The lowest BCUT2D eigenvalue weighted by molar-refractivity contribution is -0.115. The molecule has 0 bridgehead atoms. The number of carbonyl (C=O) groups is 2. The molecule has 0 saturated heterocycles. The number of aromatic nitrogens is 1. The van der Waals surface area contributed by atoms with E-state index in [1.807, 2.05) is 0 Å². The molecule has 156 valence electrons. The molecule has 0 saturated carbocycles. The molecule has 3 aromatic rings. The normalized spacial score (nSPS) is 10.4. The summed E-state index contributed by atoms with van der Waals surface area (Å²) in [4.78, 5) is 28.9. The van der Waals surface area contributed by atoms with E-state index in [9.17, 15) is 9.59 Å². The van der Waals surface area contributed by atoms with Crippen molar-refractivity contribution in [3.63, 3.8) is 0 Å². The third-order valence-corrected chi connectivity index (χ3v) is 5.15. The molecule has 1 heterocycles. The molecule has 7 nitrogen and oxygen atoms in total. The van der Waals surface area contributed by atoms with Gasteiger partial charge in [0.1, 0.15) is 23.1 Å². The topological polar surface area (TPSA) is 86.8 Å². The molecule has 0 fully saturated rings. The van der Waals surface area contributed by atoms with Gasteiger partial charge < -0.3 is 19.5 Å². The first kappa shape index (κ1) is 21.6. The summed E-state index contributed by atoms with van der Waals surface area (Å²) >= 11 is 7.26. The van der Waals surface area contributed by atoms with Crippen molar-refractivity contribution in [2.45, 2.75) is 13.0 Å². The fourth-order valence-electron chi connectivity index (χ4n) is 2.57. The van der Waals surface area contributed by atoms with E-state index >= 15 is 0 Å². The van der Waals surface area contributed by atoms with E-state index in [0.717, 1.165) is 5.01 Å². The Hall–Kier alpha value is -3.10. The van der Waals surface area contributed by atoms with Crippen LogP contribution < -0.4 is 14.8 Å². The first-order valence-electron chi connectivity index (χ1n) is 8.86. The summed E-state index contributed by atoms with van der Waals surface area (Å²) in [5.41, 5.74) is 1.16. The number of hydrogen-bond donors (Lipinski definition) is 1. The fourth-order valence-corrected chi connectivity index (χ4v) is 3.40. The van der Waals surface area contributed by atoms with Gasteiger partial charge in [-0.05, 0) is 42.5 Å². The average Bonchev–Trinajstić information content (AvgIpc) is 3.20. The molecule has 1 aromatic heterocycles. The zero-order valence-electron chi connectivity index (χ0n) is 16.3. The Morgan fingerprint density at radius 1 is 1.10 bits per heavy atom. The van der Waals surface area contributed by atoms with Gasteiger partial charge in [-0.2, -0.15) is 0 Å². The highest BCUT2D eigenvalue weighted by Crippen LogP contribution is 2.23. The Bertz CT molecular complexity index is 1040. The highest BCUT2D eigenvalue weighted by Gasteiger charge is 2.16. The number of methoxy groups -OCH3 is 2. The van der Waals surface area contributed by atoms with Gasteiger partial charge in [0.15, 0.2) is 0 Å². The molecule has 0 radical (unpaired) electrons. The molecule has 1 N–H and O–H groups in total. The van der Waals surface area contributed by atoms with Crippen molar-refractivity contribution < 1.29 is 23.8 Å². The second-order valence-electron chi connectivity index (χ2n) is 6.10. The Morgan fingerprint density at radius 3 is 2.53 bits per heavy atom. The second-order valence-corrected chi connectivity index (χ2v) is 7.48. The number of amides is 1. The minimum Gasteiger partial charge on any atom is -0.497 e. The number of benzene rings is 2. The Kier molecular flexibility index (Phi) is 7.26.